The van der Waals surface area contributed by atoms with Crippen molar-refractivity contribution < 1.29 is 4.79 Å². The van der Waals surface area contributed by atoms with Crippen LogP contribution in [0, 0.1) is 6.92 Å². The third-order valence-electron chi connectivity index (χ3n) is 2.49. The quantitative estimate of drug-likeness (QED) is 0.878. The normalized spacial score (nSPS) is 10.4. The van der Waals surface area contributed by atoms with Gasteiger partial charge in [-0.2, -0.15) is 0 Å². The van der Waals surface area contributed by atoms with E-state index in [4.69, 9.17) is 11.6 Å². The van der Waals surface area contributed by atoms with Crippen LogP contribution in [0.2, 0.25) is 5.02 Å². The van der Waals surface area contributed by atoms with Gasteiger partial charge in [0.25, 0.3) is 5.91 Å². The summed E-state index contributed by atoms with van der Waals surface area (Å²) in [4.78, 5) is 13.1. The lowest BCUT2D eigenvalue weighted by Crippen LogP contribution is -2.23. The van der Waals surface area contributed by atoms with E-state index in [0.29, 0.717) is 17.1 Å². The lowest BCUT2D eigenvalue weighted by atomic mass is 10.1. The molecule has 1 N–H and O–H groups in total. The van der Waals surface area contributed by atoms with Gasteiger partial charge in [-0.25, -0.2) is 0 Å². The number of hydrogen-bond donors (Lipinski definition) is 1. The molecule has 0 saturated carbocycles. The molecular formula is C13H11BrClNOS. The molecule has 0 spiro atoms. The number of halogens is 2. The van der Waals surface area contributed by atoms with Crippen LogP contribution in [-0.2, 0) is 6.54 Å². The Hall–Kier alpha value is -0.840. The number of hydrogen-bond acceptors (Lipinski definition) is 2. The van der Waals surface area contributed by atoms with Gasteiger partial charge >= 0.3 is 0 Å². The molecule has 0 saturated heterocycles. The molecule has 0 aliphatic carbocycles. The largest absolute Gasteiger partial charge is 0.347 e. The fraction of sp³-hybridized carbons (Fsp3) is 0.154. The molecule has 94 valence electrons. The van der Waals surface area contributed by atoms with Crippen LogP contribution < -0.4 is 5.32 Å². The molecule has 5 heteroatoms. The summed E-state index contributed by atoms with van der Waals surface area (Å²) in [5.74, 6) is -0.0753. The van der Waals surface area contributed by atoms with Crippen LogP contribution in [0.1, 0.15) is 20.8 Å². The molecule has 2 nitrogen and oxygen atoms in total. The molecule has 0 bridgehead atoms. The van der Waals surface area contributed by atoms with Gasteiger partial charge in [0.15, 0.2) is 0 Å². The van der Waals surface area contributed by atoms with Gasteiger partial charge in [-0.3, -0.25) is 4.79 Å². The molecule has 1 amide bonds. The van der Waals surface area contributed by atoms with Gasteiger partial charge in [0.05, 0.1) is 10.3 Å². The Kier molecular flexibility index (Phi) is 4.43. The van der Waals surface area contributed by atoms with E-state index in [0.717, 1.165) is 14.2 Å². The maximum absolute atomic E-state index is 12.0. The summed E-state index contributed by atoms with van der Waals surface area (Å²) in [6, 6.07) is 9.23. The van der Waals surface area contributed by atoms with Crippen LogP contribution in [-0.4, -0.2) is 5.91 Å². The molecule has 0 unspecified atom stereocenters. The molecule has 2 rings (SSSR count). The van der Waals surface area contributed by atoms with E-state index in [9.17, 15) is 4.79 Å². The third kappa shape index (κ3) is 3.34. The fourth-order valence-corrected chi connectivity index (χ4v) is 3.24. The van der Waals surface area contributed by atoms with Crippen molar-refractivity contribution in [2.75, 3.05) is 0 Å². The monoisotopic (exact) mass is 343 g/mol. The Balaban J connectivity index is 2.03. The van der Waals surface area contributed by atoms with E-state index < -0.39 is 0 Å². The summed E-state index contributed by atoms with van der Waals surface area (Å²) >= 11 is 10.9. The number of carbonyl (C=O) groups excluding carboxylic acids is 1. The van der Waals surface area contributed by atoms with E-state index in [1.54, 1.807) is 29.5 Å². The van der Waals surface area contributed by atoms with Gasteiger partial charge in [0, 0.05) is 15.5 Å². The molecule has 18 heavy (non-hydrogen) atoms. The zero-order valence-electron chi connectivity index (χ0n) is 9.67. The molecule has 1 aromatic heterocycles. The Bertz CT molecular complexity index is 582. The zero-order chi connectivity index (χ0) is 13.1. The van der Waals surface area contributed by atoms with Crippen LogP contribution in [0.5, 0.6) is 0 Å². The predicted octanol–water partition coefficient (Wildman–Crippen LogP) is 4.40. The topological polar surface area (TPSA) is 29.1 Å². The van der Waals surface area contributed by atoms with Crippen molar-refractivity contribution in [1.29, 1.82) is 0 Å². The molecule has 0 atom stereocenters. The van der Waals surface area contributed by atoms with Gasteiger partial charge in [0.2, 0.25) is 0 Å². The number of thiophene rings is 1. The van der Waals surface area contributed by atoms with E-state index in [1.807, 2.05) is 19.1 Å². The summed E-state index contributed by atoms with van der Waals surface area (Å²) < 4.78 is 1.06. The average Bonchev–Trinajstić information content (AvgIpc) is 2.72. The average molecular weight is 345 g/mol. The lowest BCUT2D eigenvalue weighted by molar-refractivity contribution is 0.0950. The summed E-state index contributed by atoms with van der Waals surface area (Å²) in [6.45, 7) is 2.42. The minimum Gasteiger partial charge on any atom is -0.347 e. The highest BCUT2D eigenvalue weighted by atomic mass is 79.9. The van der Waals surface area contributed by atoms with Crippen molar-refractivity contribution in [3.63, 3.8) is 0 Å². The molecular weight excluding hydrogens is 334 g/mol. The van der Waals surface area contributed by atoms with Crippen LogP contribution in [0.15, 0.2) is 34.1 Å². The van der Waals surface area contributed by atoms with E-state index in [2.05, 4.69) is 21.2 Å². The molecule has 1 heterocycles. The number of carbonyl (C=O) groups is 1. The van der Waals surface area contributed by atoms with Crippen molar-refractivity contribution in [3.05, 3.63) is 55.1 Å². The SMILES string of the molecule is Cc1cc(Cl)ccc1C(=O)NCc1ccc(Br)s1. The van der Waals surface area contributed by atoms with E-state index in [1.165, 1.54) is 0 Å². The number of benzene rings is 1. The summed E-state index contributed by atoms with van der Waals surface area (Å²) in [5.41, 5.74) is 1.54. The van der Waals surface area contributed by atoms with Gasteiger partial charge < -0.3 is 5.32 Å². The predicted molar refractivity (Wildman–Crippen MR) is 79.4 cm³/mol. The molecule has 0 radical (unpaired) electrons. The van der Waals surface area contributed by atoms with Crippen molar-refractivity contribution in [2.45, 2.75) is 13.5 Å². The Labute approximate surface area is 123 Å². The lowest BCUT2D eigenvalue weighted by Gasteiger charge is -2.07. The standard InChI is InChI=1S/C13H11BrClNOS/c1-8-6-9(15)2-4-11(8)13(17)16-7-10-3-5-12(14)18-10/h2-6H,7H2,1H3,(H,16,17). The Morgan fingerprint density at radius 3 is 2.78 bits per heavy atom. The van der Waals surface area contributed by atoms with Crippen LogP contribution in [0.4, 0.5) is 0 Å². The maximum Gasteiger partial charge on any atom is 0.251 e. The first-order valence-electron chi connectivity index (χ1n) is 5.35. The number of nitrogens with one attached hydrogen (secondary N) is 1. The smallest absolute Gasteiger partial charge is 0.251 e. The van der Waals surface area contributed by atoms with Crippen molar-refractivity contribution in [1.82, 2.24) is 5.32 Å². The first-order chi connectivity index (χ1) is 8.56. The highest BCUT2D eigenvalue weighted by Gasteiger charge is 2.09. The van der Waals surface area contributed by atoms with Crippen LogP contribution in [0.25, 0.3) is 0 Å². The fourth-order valence-electron chi connectivity index (χ4n) is 1.59. The van der Waals surface area contributed by atoms with Gasteiger partial charge in [-0.15, -0.1) is 11.3 Å². The third-order valence-corrected chi connectivity index (χ3v) is 4.34. The highest BCUT2D eigenvalue weighted by molar-refractivity contribution is 9.11. The van der Waals surface area contributed by atoms with Crippen LogP contribution in [0.3, 0.4) is 0 Å². The Morgan fingerprint density at radius 2 is 2.17 bits per heavy atom. The summed E-state index contributed by atoms with van der Waals surface area (Å²) in [6.07, 6.45) is 0. The second kappa shape index (κ2) is 5.87. The Morgan fingerprint density at radius 1 is 1.39 bits per heavy atom. The van der Waals surface area contributed by atoms with E-state index >= 15 is 0 Å². The second-order valence-corrected chi connectivity index (χ2v) is 6.83. The molecule has 1 aromatic carbocycles. The minimum atomic E-state index is -0.0753. The minimum absolute atomic E-state index is 0.0753. The number of amides is 1. The maximum atomic E-state index is 12.0. The second-order valence-electron chi connectivity index (χ2n) is 3.85. The number of rotatable bonds is 3. The summed E-state index contributed by atoms with van der Waals surface area (Å²) in [7, 11) is 0. The molecule has 0 aliphatic heterocycles. The van der Waals surface area contributed by atoms with Crippen LogP contribution >= 0.6 is 38.9 Å². The van der Waals surface area contributed by atoms with Crippen molar-refractivity contribution >= 4 is 44.8 Å². The van der Waals surface area contributed by atoms with Crippen molar-refractivity contribution in [3.8, 4) is 0 Å². The van der Waals surface area contributed by atoms with Gasteiger partial charge in [-0.1, -0.05) is 11.6 Å². The first kappa shape index (κ1) is 13.6. The van der Waals surface area contributed by atoms with Gasteiger partial charge in [-0.05, 0) is 58.7 Å². The number of aryl methyl sites for hydroxylation is 1. The summed E-state index contributed by atoms with van der Waals surface area (Å²) in [5, 5.41) is 3.54. The first-order valence-corrected chi connectivity index (χ1v) is 7.33. The molecule has 0 aliphatic rings. The zero-order valence-corrected chi connectivity index (χ0v) is 12.8. The highest BCUT2D eigenvalue weighted by Crippen LogP contribution is 2.22. The van der Waals surface area contributed by atoms with Crippen molar-refractivity contribution in [2.24, 2.45) is 0 Å². The molecule has 0 fully saturated rings. The van der Waals surface area contributed by atoms with Gasteiger partial charge in [0.1, 0.15) is 0 Å². The molecule has 2 aromatic rings. The van der Waals surface area contributed by atoms with E-state index in [-0.39, 0.29) is 5.91 Å².